The van der Waals surface area contributed by atoms with Gasteiger partial charge in [0.2, 0.25) is 9.84 Å². The Kier molecular flexibility index (Phi) is 4.74. The fourth-order valence-electron chi connectivity index (χ4n) is 4.58. The second-order valence-electron chi connectivity index (χ2n) is 8.02. The Morgan fingerprint density at radius 2 is 1.61 bits per heavy atom. The normalized spacial score (nSPS) is 19.0. The molecule has 5 nitrogen and oxygen atoms in total. The van der Waals surface area contributed by atoms with Crippen LogP contribution in [0.15, 0.2) is 82.6 Å². The fourth-order valence-corrected chi connectivity index (χ4v) is 6.26. The number of sulfone groups is 1. The van der Waals surface area contributed by atoms with Gasteiger partial charge in [0.25, 0.3) is 5.91 Å². The van der Waals surface area contributed by atoms with E-state index >= 15 is 0 Å². The van der Waals surface area contributed by atoms with Gasteiger partial charge >= 0.3 is 0 Å². The van der Waals surface area contributed by atoms with Gasteiger partial charge in [-0.3, -0.25) is 9.59 Å². The average Bonchev–Trinajstić information content (AvgIpc) is 3.25. The quantitative estimate of drug-likeness (QED) is 0.493. The highest BCUT2D eigenvalue weighted by Crippen LogP contribution is 2.35. The zero-order valence-electron chi connectivity index (χ0n) is 16.8. The minimum Gasteiger partial charge on any atom is -0.335 e. The topological polar surface area (TPSA) is 71.5 Å². The van der Waals surface area contributed by atoms with Crippen molar-refractivity contribution >= 4 is 21.5 Å². The van der Waals surface area contributed by atoms with Crippen LogP contribution in [-0.4, -0.2) is 37.6 Å². The Morgan fingerprint density at radius 3 is 2.42 bits per heavy atom. The molecule has 156 valence electrons. The van der Waals surface area contributed by atoms with Crippen molar-refractivity contribution < 1.29 is 18.0 Å². The summed E-state index contributed by atoms with van der Waals surface area (Å²) in [6, 6.07) is 20.7. The van der Waals surface area contributed by atoms with Gasteiger partial charge in [-0.25, -0.2) is 8.42 Å². The SMILES string of the molecule is O=C1c2ccccc2S(=O)(=O)c2cc(C(=O)N3CCCC3Cc3ccccc3)ccc21. The standard InChI is InChI=1S/C25H21NO4S/c27-24-20-10-4-5-11-22(20)31(29,30)23-16-18(12-13-21(23)24)25(28)26-14-6-9-19(26)15-17-7-2-1-3-8-17/h1-5,7-8,10-13,16,19H,6,9,14-15H2. The lowest BCUT2D eigenvalue weighted by Gasteiger charge is -2.26. The highest BCUT2D eigenvalue weighted by Gasteiger charge is 2.36. The Hall–Kier alpha value is -3.25. The van der Waals surface area contributed by atoms with Crippen molar-refractivity contribution in [2.75, 3.05) is 6.54 Å². The molecule has 6 heteroatoms. The van der Waals surface area contributed by atoms with Crippen molar-refractivity contribution in [3.05, 3.63) is 95.1 Å². The van der Waals surface area contributed by atoms with Gasteiger partial charge in [-0.05, 0) is 55.2 Å². The highest BCUT2D eigenvalue weighted by atomic mass is 32.2. The summed E-state index contributed by atoms with van der Waals surface area (Å²) in [5.41, 5.74) is 1.77. The largest absolute Gasteiger partial charge is 0.335 e. The van der Waals surface area contributed by atoms with Crippen molar-refractivity contribution in [1.82, 2.24) is 4.90 Å². The second-order valence-corrected chi connectivity index (χ2v) is 9.91. The van der Waals surface area contributed by atoms with Crippen LogP contribution < -0.4 is 0 Å². The van der Waals surface area contributed by atoms with Crippen LogP contribution in [0.5, 0.6) is 0 Å². The minimum atomic E-state index is -3.87. The van der Waals surface area contributed by atoms with Gasteiger partial charge < -0.3 is 4.90 Å². The molecule has 0 N–H and O–H groups in total. The number of amides is 1. The summed E-state index contributed by atoms with van der Waals surface area (Å²) in [4.78, 5) is 27.9. The summed E-state index contributed by atoms with van der Waals surface area (Å²) in [6.07, 6.45) is 2.59. The molecule has 0 bridgehead atoms. The van der Waals surface area contributed by atoms with Gasteiger partial charge in [0.05, 0.1) is 9.79 Å². The van der Waals surface area contributed by atoms with E-state index in [1.165, 1.54) is 29.8 Å². The molecule has 0 aromatic heterocycles. The fraction of sp³-hybridized carbons (Fsp3) is 0.200. The molecule has 0 saturated carbocycles. The zero-order chi connectivity index (χ0) is 21.6. The molecule has 0 aliphatic carbocycles. The monoisotopic (exact) mass is 431 g/mol. The van der Waals surface area contributed by atoms with Crippen LogP contribution >= 0.6 is 0 Å². The third kappa shape index (κ3) is 3.27. The molecular formula is C25H21NO4S. The molecule has 3 aromatic rings. The number of nitrogens with zero attached hydrogens (tertiary/aromatic N) is 1. The van der Waals surface area contributed by atoms with Crippen LogP contribution in [0.4, 0.5) is 0 Å². The van der Waals surface area contributed by atoms with Crippen molar-refractivity contribution in [3.63, 3.8) is 0 Å². The Labute approximate surface area is 181 Å². The molecule has 0 spiro atoms. The number of benzene rings is 3. The van der Waals surface area contributed by atoms with Gasteiger partial charge in [-0.15, -0.1) is 0 Å². The van der Waals surface area contributed by atoms with Crippen molar-refractivity contribution in [1.29, 1.82) is 0 Å². The Bertz CT molecular complexity index is 1300. The number of ketones is 1. The molecule has 1 fully saturated rings. The van der Waals surface area contributed by atoms with Crippen LogP contribution in [0.2, 0.25) is 0 Å². The van der Waals surface area contributed by atoms with Crippen LogP contribution in [0.3, 0.4) is 0 Å². The maximum Gasteiger partial charge on any atom is 0.254 e. The molecule has 5 rings (SSSR count). The minimum absolute atomic E-state index is 0.000209. The van der Waals surface area contributed by atoms with E-state index < -0.39 is 9.84 Å². The maximum absolute atomic E-state index is 13.3. The first-order chi connectivity index (χ1) is 15.0. The summed E-state index contributed by atoms with van der Waals surface area (Å²) >= 11 is 0. The van der Waals surface area contributed by atoms with E-state index in [2.05, 4.69) is 12.1 Å². The van der Waals surface area contributed by atoms with Crippen molar-refractivity contribution in [2.24, 2.45) is 0 Å². The van der Waals surface area contributed by atoms with Crippen molar-refractivity contribution in [3.8, 4) is 0 Å². The number of fused-ring (bicyclic) bond motifs is 2. The molecule has 3 aromatic carbocycles. The molecule has 1 unspecified atom stereocenters. The number of rotatable bonds is 3. The highest BCUT2D eigenvalue weighted by molar-refractivity contribution is 7.91. The van der Waals surface area contributed by atoms with E-state index in [1.54, 1.807) is 18.2 Å². The average molecular weight is 432 g/mol. The number of hydrogen-bond donors (Lipinski definition) is 0. The third-order valence-electron chi connectivity index (χ3n) is 6.14. The lowest BCUT2D eigenvalue weighted by Crippen LogP contribution is -2.37. The molecule has 1 atom stereocenters. The first-order valence-corrected chi connectivity index (χ1v) is 11.8. The maximum atomic E-state index is 13.3. The van der Waals surface area contributed by atoms with Crippen LogP contribution in [-0.2, 0) is 16.3 Å². The Morgan fingerprint density at radius 1 is 0.903 bits per heavy atom. The molecule has 2 aliphatic heterocycles. The zero-order valence-corrected chi connectivity index (χ0v) is 17.6. The summed E-state index contributed by atoms with van der Waals surface area (Å²) in [6.45, 7) is 0.641. The third-order valence-corrected chi connectivity index (χ3v) is 7.99. The van der Waals surface area contributed by atoms with Crippen LogP contribution in [0.25, 0.3) is 0 Å². The summed E-state index contributed by atoms with van der Waals surface area (Å²) in [5, 5.41) is 0. The smallest absolute Gasteiger partial charge is 0.254 e. The number of carbonyl (C=O) groups is 2. The number of likely N-dealkylation sites (tertiary alicyclic amines) is 1. The summed E-state index contributed by atoms with van der Waals surface area (Å²) in [7, 11) is -3.87. The molecule has 1 amide bonds. The Balaban J connectivity index is 1.49. The first kappa shape index (κ1) is 19.7. The number of hydrogen-bond acceptors (Lipinski definition) is 4. The number of carbonyl (C=O) groups excluding carboxylic acids is 2. The summed E-state index contributed by atoms with van der Waals surface area (Å²) in [5.74, 6) is -0.523. The predicted octanol–water partition coefficient (Wildman–Crippen LogP) is 3.91. The van der Waals surface area contributed by atoms with E-state index in [0.29, 0.717) is 12.1 Å². The van der Waals surface area contributed by atoms with Gasteiger partial charge in [0, 0.05) is 29.3 Å². The van der Waals surface area contributed by atoms with Crippen LogP contribution in [0.1, 0.15) is 44.7 Å². The second kappa shape index (κ2) is 7.46. The van der Waals surface area contributed by atoms with Gasteiger partial charge in [0.15, 0.2) is 5.78 Å². The van der Waals surface area contributed by atoms with E-state index in [4.69, 9.17) is 0 Å². The van der Waals surface area contributed by atoms with Gasteiger partial charge in [-0.2, -0.15) is 0 Å². The van der Waals surface area contributed by atoms with Crippen molar-refractivity contribution in [2.45, 2.75) is 35.1 Å². The van der Waals surface area contributed by atoms with E-state index in [0.717, 1.165) is 19.3 Å². The molecule has 31 heavy (non-hydrogen) atoms. The van der Waals surface area contributed by atoms with E-state index in [9.17, 15) is 18.0 Å². The predicted molar refractivity (Wildman–Crippen MR) is 116 cm³/mol. The van der Waals surface area contributed by atoms with Gasteiger partial charge in [-0.1, -0.05) is 42.5 Å². The first-order valence-electron chi connectivity index (χ1n) is 10.3. The lowest BCUT2D eigenvalue weighted by molar-refractivity contribution is 0.0735. The van der Waals surface area contributed by atoms with Crippen LogP contribution in [0, 0.1) is 0 Å². The molecular weight excluding hydrogens is 410 g/mol. The molecule has 2 aliphatic rings. The molecule has 2 heterocycles. The van der Waals surface area contributed by atoms with E-state index in [-0.39, 0.29) is 38.7 Å². The molecule has 0 radical (unpaired) electrons. The summed E-state index contributed by atoms with van der Waals surface area (Å²) < 4.78 is 26.3. The lowest BCUT2D eigenvalue weighted by atomic mass is 10.00. The van der Waals surface area contributed by atoms with E-state index in [1.807, 2.05) is 23.1 Å². The van der Waals surface area contributed by atoms with Gasteiger partial charge in [0.1, 0.15) is 0 Å². The molecule has 1 saturated heterocycles.